The van der Waals surface area contributed by atoms with Crippen molar-refractivity contribution in [2.45, 2.75) is 0 Å². The Morgan fingerprint density at radius 3 is 1.74 bits per heavy atom. The fourth-order valence-electron chi connectivity index (χ4n) is 7.18. The molecule has 1 heterocycles. The Balaban J connectivity index is 1.20. The summed E-state index contributed by atoms with van der Waals surface area (Å²) >= 11 is 0. The first kappa shape index (κ1) is 20.0. The predicted octanol–water partition coefficient (Wildman–Crippen LogP) is 13.2. The van der Waals surface area contributed by atoms with Gasteiger partial charge in [0.2, 0.25) is 0 Å². The quantitative estimate of drug-likeness (QED) is 0.183. The van der Waals surface area contributed by atoms with Gasteiger partial charge in [-0.3, -0.25) is 0 Å². The second-order valence-electron chi connectivity index (χ2n) is 11.9. The van der Waals surface area contributed by atoms with Gasteiger partial charge in [-0.05, 0) is 101 Å². The molecule has 218 valence electrons. The maximum absolute atomic E-state index is 9.04. The molecule has 0 atom stereocenters. The maximum atomic E-state index is 9.04. The Bertz CT molecular complexity index is 3180. The third kappa shape index (κ3) is 4.03. The highest BCUT2D eigenvalue weighted by Gasteiger charge is 2.20. The van der Waals surface area contributed by atoms with Gasteiger partial charge in [0.15, 0.2) is 0 Å². The van der Waals surface area contributed by atoms with Crippen LogP contribution in [0.1, 0.15) is 9.60 Å². The number of hydrogen-bond donors (Lipinski definition) is 0. The summed E-state index contributed by atoms with van der Waals surface area (Å²) in [6.07, 6.45) is 0. The molecule has 9 aromatic carbocycles. The van der Waals surface area contributed by atoms with E-state index in [1.54, 1.807) is 0 Å². The molecule has 0 aliphatic rings. The van der Waals surface area contributed by atoms with Crippen LogP contribution in [-0.2, 0) is 0 Å². The first-order valence-corrected chi connectivity index (χ1v) is 15.6. The molecule has 0 bridgehead atoms. The zero-order valence-corrected chi connectivity index (χ0v) is 25.0. The van der Waals surface area contributed by atoms with Gasteiger partial charge in [-0.15, -0.1) is 0 Å². The highest BCUT2D eigenvalue weighted by molar-refractivity contribution is 6.26. The molecule has 0 spiro atoms. The lowest BCUT2D eigenvalue weighted by molar-refractivity contribution is 0.669. The van der Waals surface area contributed by atoms with E-state index >= 15 is 0 Å². The van der Waals surface area contributed by atoms with Crippen LogP contribution in [0.25, 0.3) is 98.4 Å². The number of hydrogen-bond acceptors (Lipinski definition) is 1. The van der Waals surface area contributed by atoms with Crippen molar-refractivity contribution >= 4 is 65.0 Å². The molecule has 0 amide bonds. The summed E-state index contributed by atoms with van der Waals surface area (Å²) in [6, 6.07) is 40.8. The fourth-order valence-corrected chi connectivity index (χ4v) is 7.18. The lowest BCUT2D eigenvalue weighted by Gasteiger charge is -2.18. The van der Waals surface area contributed by atoms with Crippen molar-refractivity contribution in [2.75, 3.05) is 0 Å². The molecule has 47 heavy (non-hydrogen) atoms. The van der Waals surface area contributed by atoms with Gasteiger partial charge in [0.05, 0.1) is 9.60 Å². The van der Waals surface area contributed by atoms with Crippen molar-refractivity contribution in [1.82, 2.24) is 0 Å². The van der Waals surface area contributed by atoms with E-state index in [2.05, 4.69) is 78.9 Å². The Labute approximate surface area is 281 Å². The van der Waals surface area contributed by atoms with Gasteiger partial charge in [0, 0.05) is 10.8 Å². The lowest BCUT2D eigenvalue weighted by atomic mass is 9.84. The van der Waals surface area contributed by atoms with E-state index in [1.807, 2.05) is 48.5 Å². The number of furan rings is 1. The van der Waals surface area contributed by atoms with Crippen molar-refractivity contribution in [2.24, 2.45) is 0 Å². The topological polar surface area (TPSA) is 13.1 Å². The van der Waals surface area contributed by atoms with Crippen molar-refractivity contribution < 1.29 is 14.0 Å². The van der Waals surface area contributed by atoms with Crippen LogP contribution in [0.5, 0.6) is 0 Å². The minimum atomic E-state index is -0.481. The summed E-state index contributed by atoms with van der Waals surface area (Å²) in [6.45, 7) is 0. The van der Waals surface area contributed by atoms with Crippen molar-refractivity contribution in [3.63, 3.8) is 0 Å². The summed E-state index contributed by atoms with van der Waals surface area (Å²) in [7, 11) is 0. The average Bonchev–Trinajstić information content (AvgIpc) is 3.56. The highest BCUT2D eigenvalue weighted by Crippen LogP contribution is 2.47. The van der Waals surface area contributed by atoms with Gasteiger partial charge in [-0.25, -0.2) is 0 Å². The second kappa shape index (κ2) is 10.2. The van der Waals surface area contributed by atoms with Crippen LogP contribution in [0.2, 0.25) is 0 Å². The summed E-state index contributed by atoms with van der Waals surface area (Å²) < 4.78 is 66.3. The molecule has 10 aromatic rings. The summed E-state index contributed by atoms with van der Waals surface area (Å²) in [5, 5.41) is 8.54. The third-order valence-corrected chi connectivity index (χ3v) is 9.28. The molecule has 1 heteroatoms. The van der Waals surface area contributed by atoms with Gasteiger partial charge in [0.1, 0.15) is 11.2 Å². The molecular weight excluding hydrogens is 569 g/mol. The Morgan fingerprint density at radius 2 is 1.02 bits per heavy atom. The summed E-state index contributed by atoms with van der Waals surface area (Å²) in [5.41, 5.74) is 6.52. The SMILES string of the molecule is [2H]c1c([2H])c([2H])c2c([2H])c(-c3ccc(-c4c5ccccc5c(-c5cccc6oc7cc8ccccc8cc7c56)c5ccccc45)cc3)c([2H])c([2H])c2c1[2H]. The van der Waals surface area contributed by atoms with E-state index < -0.39 is 18.1 Å². The second-order valence-corrected chi connectivity index (χ2v) is 11.9. The normalized spacial score (nSPS) is 13.9. The van der Waals surface area contributed by atoms with Crippen molar-refractivity contribution in [1.29, 1.82) is 0 Å². The molecular formula is C46H28O. The molecule has 0 fully saturated rings. The van der Waals surface area contributed by atoms with Crippen LogP contribution in [0.3, 0.4) is 0 Å². The standard InChI is InChI=1S/C46H28O/c1-2-11-32-26-35(25-22-29(32)10-1)30-20-23-31(24-21-30)44-36-14-5-7-16-38(36)45(39-17-8-6-15-37(39)44)40-18-9-19-42-46(40)41-27-33-12-3-4-13-34(33)28-43(41)47-42/h1-28H/i1D,2D,10D,11D,22D,25D,26D. The summed E-state index contributed by atoms with van der Waals surface area (Å²) in [5.74, 6) is 0. The predicted molar refractivity (Wildman–Crippen MR) is 200 cm³/mol. The molecule has 0 radical (unpaired) electrons. The van der Waals surface area contributed by atoms with E-state index in [1.165, 1.54) is 0 Å². The molecule has 1 nitrogen and oxygen atoms in total. The van der Waals surface area contributed by atoms with Crippen LogP contribution in [0, 0.1) is 0 Å². The largest absolute Gasteiger partial charge is 0.456 e. The van der Waals surface area contributed by atoms with Gasteiger partial charge in [-0.1, -0.05) is 145 Å². The van der Waals surface area contributed by atoms with Gasteiger partial charge < -0.3 is 4.42 Å². The van der Waals surface area contributed by atoms with Gasteiger partial charge in [-0.2, -0.15) is 0 Å². The van der Waals surface area contributed by atoms with E-state index in [0.717, 1.165) is 76.5 Å². The monoisotopic (exact) mass is 603 g/mol. The number of fused-ring (bicyclic) bond motifs is 7. The average molecular weight is 604 g/mol. The van der Waals surface area contributed by atoms with E-state index in [9.17, 15) is 0 Å². The molecule has 10 rings (SSSR count). The van der Waals surface area contributed by atoms with Gasteiger partial charge in [0.25, 0.3) is 0 Å². The van der Waals surface area contributed by atoms with E-state index in [-0.39, 0.29) is 40.5 Å². The lowest BCUT2D eigenvalue weighted by Crippen LogP contribution is -1.91. The molecule has 1 aromatic heterocycles. The fraction of sp³-hybridized carbons (Fsp3) is 0. The number of rotatable bonds is 3. The maximum Gasteiger partial charge on any atom is 0.136 e. The van der Waals surface area contributed by atoms with Crippen LogP contribution < -0.4 is 0 Å². The highest BCUT2D eigenvalue weighted by atomic mass is 16.3. The van der Waals surface area contributed by atoms with Crippen LogP contribution in [0.15, 0.2) is 174 Å². The van der Waals surface area contributed by atoms with E-state index in [0.29, 0.717) is 5.56 Å². The first-order chi connectivity index (χ1) is 26.2. The zero-order chi connectivity index (χ0) is 37.0. The van der Waals surface area contributed by atoms with Crippen LogP contribution in [-0.4, -0.2) is 0 Å². The summed E-state index contributed by atoms with van der Waals surface area (Å²) in [4.78, 5) is 0. The Morgan fingerprint density at radius 1 is 0.404 bits per heavy atom. The van der Waals surface area contributed by atoms with E-state index in [4.69, 9.17) is 14.0 Å². The van der Waals surface area contributed by atoms with Crippen LogP contribution >= 0.6 is 0 Å². The first-order valence-electron chi connectivity index (χ1n) is 19.1. The van der Waals surface area contributed by atoms with Crippen molar-refractivity contribution in [3.8, 4) is 33.4 Å². The molecule has 0 aliphatic carbocycles. The molecule has 0 unspecified atom stereocenters. The van der Waals surface area contributed by atoms with Gasteiger partial charge >= 0.3 is 0 Å². The minimum absolute atomic E-state index is 0.0535. The smallest absolute Gasteiger partial charge is 0.136 e. The van der Waals surface area contributed by atoms with Crippen LogP contribution in [0.4, 0.5) is 0 Å². The Hall–Kier alpha value is -6.18. The molecule has 0 saturated carbocycles. The third-order valence-electron chi connectivity index (χ3n) is 9.28. The van der Waals surface area contributed by atoms with Crippen molar-refractivity contribution in [3.05, 3.63) is 170 Å². The minimum Gasteiger partial charge on any atom is -0.456 e. The zero-order valence-electron chi connectivity index (χ0n) is 32.0. The Kier molecular flexibility index (Phi) is 4.34. The molecule has 0 aliphatic heterocycles. The molecule has 0 saturated heterocycles. The number of benzene rings is 9. The molecule has 0 N–H and O–H groups in total.